The number of ether oxygens (including phenoxy) is 2. The number of benzene rings is 2. The molecule has 3 aromatic rings. The van der Waals surface area contributed by atoms with Crippen LogP contribution in [0, 0.1) is 5.82 Å². The summed E-state index contributed by atoms with van der Waals surface area (Å²) in [5, 5.41) is 10.1. The van der Waals surface area contributed by atoms with Crippen molar-refractivity contribution in [2.45, 2.75) is 29.4 Å². The van der Waals surface area contributed by atoms with Crippen LogP contribution in [-0.4, -0.2) is 34.0 Å². The lowest BCUT2D eigenvalue weighted by Gasteiger charge is -2.19. The Morgan fingerprint density at radius 1 is 1.17 bits per heavy atom. The summed E-state index contributed by atoms with van der Waals surface area (Å²) in [5.74, 6) is 0.552. The smallest absolute Gasteiger partial charge is 0.287 e. The van der Waals surface area contributed by atoms with Crippen LogP contribution < -0.4 is 15.0 Å². The lowest BCUT2D eigenvalue weighted by molar-refractivity contribution is 0.0276. The molecule has 0 aliphatic rings. The first-order valence-electron chi connectivity index (χ1n) is 8.81. The van der Waals surface area contributed by atoms with Crippen molar-refractivity contribution >= 4 is 11.8 Å². The minimum absolute atomic E-state index is 0.0936. The van der Waals surface area contributed by atoms with Gasteiger partial charge in [0.05, 0.1) is 18.4 Å². The maximum atomic E-state index is 13.1. The second-order valence-corrected chi connectivity index (χ2v) is 7.96. The van der Waals surface area contributed by atoms with Crippen LogP contribution in [0.15, 0.2) is 69.6 Å². The predicted molar refractivity (Wildman–Crippen MR) is 109 cm³/mol. The van der Waals surface area contributed by atoms with Gasteiger partial charge in [0.2, 0.25) is 0 Å². The summed E-state index contributed by atoms with van der Waals surface area (Å²) in [4.78, 5) is 17.7. The van der Waals surface area contributed by atoms with Gasteiger partial charge in [-0.2, -0.15) is 0 Å². The van der Waals surface area contributed by atoms with Crippen molar-refractivity contribution < 1.29 is 19.0 Å². The van der Waals surface area contributed by atoms with E-state index in [9.17, 15) is 14.3 Å². The molecule has 0 spiro atoms. The molecule has 1 heterocycles. The Morgan fingerprint density at radius 3 is 2.55 bits per heavy atom. The molecule has 3 rings (SSSR count). The molecule has 8 heteroatoms. The molecule has 0 atom stereocenters. The van der Waals surface area contributed by atoms with Crippen molar-refractivity contribution in [1.29, 1.82) is 0 Å². The topological polar surface area (TPSA) is 73.6 Å². The Labute approximate surface area is 171 Å². The monoisotopic (exact) mass is 416 g/mol. The molecule has 29 heavy (non-hydrogen) atoms. The molecular weight excluding hydrogens is 395 g/mol. The molecule has 0 aliphatic heterocycles. The van der Waals surface area contributed by atoms with Gasteiger partial charge in [-0.3, -0.25) is 9.36 Å². The standard InChI is InChI=1S/C21H21FN2O4S/c1-21(2,26)13-28-17-9-6-15(12-18(17)27-3)24-11-10-23-19(20(24)25)29-16-7-4-14(22)5-8-16/h4-12,26H,13H2,1-3H3. The Hall–Kier alpha value is -2.84. The fraction of sp³-hybridized carbons (Fsp3) is 0.238. The van der Waals surface area contributed by atoms with Crippen molar-refractivity contribution in [2.24, 2.45) is 0 Å². The van der Waals surface area contributed by atoms with Crippen LogP contribution in [0.1, 0.15) is 13.8 Å². The van der Waals surface area contributed by atoms with Gasteiger partial charge in [0.1, 0.15) is 12.4 Å². The van der Waals surface area contributed by atoms with Crippen molar-refractivity contribution in [3.05, 3.63) is 71.0 Å². The second-order valence-electron chi connectivity index (χ2n) is 6.90. The molecule has 0 saturated carbocycles. The van der Waals surface area contributed by atoms with Gasteiger partial charge in [0.15, 0.2) is 16.5 Å². The highest BCUT2D eigenvalue weighted by Crippen LogP contribution is 2.30. The van der Waals surface area contributed by atoms with E-state index >= 15 is 0 Å². The van der Waals surface area contributed by atoms with Crippen molar-refractivity contribution in [3.63, 3.8) is 0 Å². The van der Waals surface area contributed by atoms with Crippen LogP contribution >= 0.6 is 11.8 Å². The van der Waals surface area contributed by atoms with E-state index in [1.54, 1.807) is 50.4 Å². The van der Waals surface area contributed by atoms with Crippen molar-refractivity contribution in [3.8, 4) is 17.2 Å². The van der Waals surface area contributed by atoms with Gasteiger partial charge >= 0.3 is 0 Å². The fourth-order valence-electron chi connectivity index (χ4n) is 2.46. The van der Waals surface area contributed by atoms with Crippen molar-refractivity contribution in [2.75, 3.05) is 13.7 Å². The first-order valence-corrected chi connectivity index (χ1v) is 9.63. The summed E-state index contributed by atoms with van der Waals surface area (Å²) in [5.41, 5.74) is -0.724. The number of aliphatic hydroxyl groups is 1. The molecule has 6 nitrogen and oxygen atoms in total. The third kappa shape index (κ3) is 5.36. The van der Waals surface area contributed by atoms with Gasteiger partial charge in [-0.15, -0.1) is 0 Å². The molecule has 0 bridgehead atoms. The maximum Gasteiger partial charge on any atom is 0.287 e. The largest absolute Gasteiger partial charge is 0.493 e. The summed E-state index contributed by atoms with van der Waals surface area (Å²) in [6.45, 7) is 3.38. The number of aromatic nitrogens is 2. The Balaban J connectivity index is 1.90. The summed E-state index contributed by atoms with van der Waals surface area (Å²) in [6, 6.07) is 10.9. The Kier molecular flexibility index (Phi) is 6.24. The van der Waals surface area contributed by atoms with Gasteiger partial charge in [-0.1, -0.05) is 11.8 Å². The first-order chi connectivity index (χ1) is 13.8. The fourth-order valence-corrected chi connectivity index (χ4v) is 3.26. The molecule has 0 saturated heterocycles. The summed E-state index contributed by atoms with van der Waals surface area (Å²) >= 11 is 1.16. The van der Waals surface area contributed by atoms with E-state index in [0.717, 1.165) is 11.8 Å². The molecule has 0 amide bonds. The average molecular weight is 416 g/mol. The normalized spacial score (nSPS) is 11.3. The number of halogens is 1. The van der Waals surface area contributed by atoms with E-state index < -0.39 is 5.60 Å². The maximum absolute atomic E-state index is 13.1. The van der Waals surface area contributed by atoms with Gasteiger partial charge in [-0.05, 0) is 50.2 Å². The number of rotatable bonds is 7. The number of hydrogen-bond donors (Lipinski definition) is 1. The summed E-state index contributed by atoms with van der Waals surface area (Å²) in [7, 11) is 1.50. The highest BCUT2D eigenvalue weighted by atomic mass is 32.2. The zero-order chi connectivity index (χ0) is 21.0. The molecule has 0 aliphatic carbocycles. The van der Waals surface area contributed by atoms with E-state index in [1.807, 2.05) is 0 Å². The molecule has 0 fully saturated rings. The molecule has 0 unspecified atom stereocenters. The van der Waals surface area contributed by atoms with Crippen LogP contribution in [0.3, 0.4) is 0 Å². The summed E-state index contributed by atoms with van der Waals surface area (Å²) < 4.78 is 25.5. The lowest BCUT2D eigenvalue weighted by Crippen LogP contribution is -2.28. The SMILES string of the molecule is COc1cc(-n2ccnc(Sc3ccc(F)cc3)c2=O)ccc1OCC(C)(C)O. The second kappa shape index (κ2) is 8.67. The molecule has 1 aromatic heterocycles. The van der Waals surface area contributed by atoms with E-state index in [0.29, 0.717) is 22.1 Å². The molecule has 1 N–H and O–H groups in total. The minimum Gasteiger partial charge on any atom is -0.493 e. The molecule has 0 radical (unpaired) electrons. The number of methoxy groups -OCH3 is 1. The highest BCUT2D eigenvalue weighted by molar-refractivity contribution is 7.99. The van der Waals surface area contributed by atoms with E-state index in [1.165, 1.54) is 30.0 Å². The molecule has 2 aromatic carbocycles. The van der Waals surface area contributed by atoms with Crippen LogP contribution in [-0.2, 0) is 0 Å². The number of hydrogen-bond acceptors (Lipinski definition) is 6. The van der Waals surface area contributed by atoms with Gasteiger partial charge in [-0.25, -0.2) is 9.37 Å². The zero-order valence-electron chi connectivity index (χ0n) is 16.3. The van der Waals surface area contributed by atoms with Crippen LogP contribution in [0.2, 0.25) is 0 Å². The first kappa shape index (κ1) is 20.9. The molecule has 152 valence electrons. The van der Waals surface area contributed by atoms with Crippen LogP contribution in [0.4, 0.5) is 4.39 Å². The third-order valence-electron chi connectivity index (χ3n) is 3.84. The lowest BCUT2D eigenvalue weighted by atomic mass is 10.2. The average Bonchev–Trinajstić information content (AvgIpc) is 2.69. The van der Waals surface area contributed by atoms with E-state index in [2.05, 4.69) is 4.98 Å². The van der Waals surface area contributed by atoms with E-state index in [4.69, 9.17) is 9.47 Å². The van der Waals surface area contributed by atoms with Gasteiger partial charge < -0.3 is 14.6 Å². The highest BCUT2D eigenvalue weighted by Gasteiger charge is 2.16. The quantitative estimate of drug-likeness (QED) is 0.633. The van der Waals surface area contributed by atoms with Crippen LogP contribution in [0.25, 0.3) is 5.69 Å². The van der Waals surface area contributed by atoms with Gasteiger partial charge in [0.25, 0.3) is 5.56 Å². The zero-order valence-corrected chi connectivity index (χ0v) is 17.1. The van der Waals surface area contributed by atoms with Crippen LogP contribution in [0.5, 0.6) is 11.5 Å². The van der Waals surface area contributed by atoms with Crippen molar-refractivity contribution in [1.82, 2.24) is 9.55 Å². The minimum atomic E-state index is -0.988. The number of nitrogens with zero attached hydrogens (tertiary/aromatic N) is 2. The van der Waals surface area contributed by atoms with Gasteiger partial charge in [0, 0.05) is 23.4 Å². The Morgan fingerprint density at radius 2 is 1.90 bits per heavy atom. The molecular formula is C21H21FN2O4S. The Bertz CT molecular complexity index is 1050. The summed E-state index contributed by atoms with van der Waals surface area (Å²) in [6.07, 6.45) is 3.08. The van der Waals surface area contributed by atoms with E-state index in [-0.39, 0.29) is 23.0 Å². The third-order valence-corrected chi connectivity index (χ3v) is 4.82. The predicted octanol–water partition coefficient (Wildman–Crippen LogP) is 3.68.